The molecule has 2 aliphatic rings. The number of likely N-dealkylation sites (tertiary alicyclic amines) is 1. The summed E-state index contributed by atoms with van der Waals surface area (Å²) in [5, 5.41) is 4.85. The van der Waals surface area contributed by atoms with Crippen LogP contribution in [0, 0.1) is 0 Å². The largest absolute Gasteiger partial charge is 0.416 e. The molecule has 37 heavy (non-hydrogen) atoms. The molecule has 11 heteroatoms. The van der Waals surface area contributed by atoms with Crippen molar-refractivity contribution in [3.63, 3.8) is 0 Å². The predicted octanol–water partition coefficient (Wildman–Crippen LogP) is 4.98. The van der Waals surface area contributed by atoms with Crippen LogP contribution in [0.2, 0.25) is 0 Å². The van der Waals surface area contributed by atoms with Gasteiger partial charge in [0.05, 0.1) is 23.7 Å². The molecule has 5 nitrogen and oxygen atoms in total. The number of amides is 2. The molecule has 1 aliphatic heterocycles. The molecule has 1 saturated carbocycles. The summed E-state index contributed by atoms with van der Waals surface area (Å²) in [7, 11) is 0. The van der Waals surface area contributed by atoms with Crippen molar-refractivity contribution >= 4 is 11.8 Å². The third-order valence-electron chi connectivity index (χ3n) is 7.02. The van der Waals surface area contributed by atoms with Gasteiger partial charge in [-0.25, -0.2) is 0 Å². The van der Waals surface area contributed by atoms with Gasteiger partial charge in [0.1, 0.15) is 0 Å². The minimum atomic E-state index is -5.06. The summed E-state index contributed by atoms with van der Waals surface area (Å²) >= 11 is 0. The molecule has 2 amide bonds. The number of hydrogen-bond donors (Lipinski definition) is 2. The number of hydrogen-bond acceptors (Lipinski definition) is 3. The lowest BCUT2D eigenvalue weighted by Gasteiger charge is -2.46. The average Bonchev–Trinajstić information content (AvgIpc) is 2.84. The molecule has 2 N–H and O–H groups in total. The second-order valence-corrected chi connectivity index (χ2v) is 9.61. The molecular weight excluding hydrogens is 500 g/mol. The van der Waals surface area contributed by atoms with Gasteiger partial charge in [0.25, 0.3) is 5.91 Å². The molecule has 0 atom stereocenters. The Morgan fingerprint density at radius 1 is 0.838 bits per heavy atom. The van der Waals surface area contributed by atoms with Gasteiger partial charge in [-0.05, 0) is 55.4 Å². The molecule has 2 fully saturated rings. The van der Waals surface area contributed by atoms with Crippen LogP contribution >= 0.6 is 0 Å². The summed E-state index contributed by atoms with van der Waals surface area (Å²) in [5.74, 6) is -1.20. The van der Waals surface area contributed by atoms with E-state index in [9.17, 15) is 35.9 Å². The van der Waals surface area contributed by atoms with Gasteiger partial charge in [-0.1, -0.05) is 30.3 Å². The quantitative estimate of drug-likeness (QED) is 0.521. The molecule has 1 aliphatic carbocycles. The smallest absolute Gasteiger partial charge is 0.349 e. The molecule has 0 aromatic heterocycles. The van der Waals surface area contributed by atoms with E-state index in [0.717, 1.165) is 25.7 Å². The monoisotopic (exact) mass is 527 g/mol. The van der Waals surface area contributed by atoms with Gasteiger partial charge in [0.2, 0.25) is 5.91 Å². The van der Waals surface area contributed by atoms with Crippen LogP contribution in [-0.4, -0.2) is 48.4 Å². The highest BCUT2D eigenvalue weighted by Crippen LogP contribution is 2.37. The van der Waals surface area contributed by atoms with E-state index in [4.69, 9.17) is 0 Å². The predicted molar refractivity (Wildman–Crippen MR) is 124 cm³/mol. The van der Waals surface area contributed by atoms with E-state index >= 15 is 0 Å². The third kappa shape index (κ3) is 6.82. The lowest BCUT2D eigenvalue weighted by Crippen LogP contribution is -2.63. The Bertz CT molecular complexity index is 1070. The van der Waals surface area contributed by atoms with Crippen molar-refractivity contribution in [2.24, 2.45) is 0 Å². The van der Waals surface area contributed by atoms with Crippen molar-refractivity contribution in [1.29, 1.82) is 0 Å². The number of rotatable bonds is 6. The summed E-state index contributed by atoms with van der Waals surface area (Å²) in [4.78, 5) is 26.7. The fraction of sp³-hybridized carbons (Fsp3) is 0.462. The van der Waals surface area contributed by atoms with Crippen LogP contribution in [0.25, 0.3) is 0 Å². The number of nitrogens with one attached hydrogen (secondary N) is 2. The highest BCUT2D eigenvalue weighted by Gasteiger charge is 2.38. The van der Waals surface area contributed by atoms with Gasteiger partial charge in [-0.2, -0.15) is 26.3 Å². The summed E-state index contributed by atoms with van der Waals surface area (Å²) in [6, 6.07) is 11.3. The SMILES string of the molecule is O=C(CNC(=O)c1cc(C(F)(F)F)cc(C(F)(F)F)c1)NC1CN(C2CCC(c3ccccc3)CC2)C1. The van der Waals surface area contributed by atoms with Crippen molar-refractivity contribution in [1.82, 2.24) is 15.5 Å². The first-order valence-electron chi connectivity index (χ1n) is 12.1. The summed E-state index contributed by atoms with van der Waals surface area (Å²) in [5.41, 5.74) is -2.65. The number of nitrogens with zero attached hydrogens (tertiary/aromatic N) is 1. The maximum absolute atomic E-state index is 13.0. The second kappa shape index (κ2) is 10.7. The van der Waals surface area contributed by atoms with Crippen molar-refractivity contribution in [3.8, 4) is 0 Å². The number of halogens is 6. The molecule has 1 heterocycles. The van der Waals surface area contributed by atoms with Crippen molar-refractivity contribution in [2.45, 2.75) is 56.0 Å². The molecular formula is C26H27F6N3O2. The molecule has 0 bridgehead atoms. The molecule has 2 aromatic rings. The molecule has 4 rings (SSSR count). The van der Waals surface area contributed by atoms with Crippen LogP contribution in [0.15, 0.2) is 48.5 Å². The van der Waals surface area contributed by atoms with Crippen molar-refractivity contribution in [2.75, 3.05) is 19.6 Å². The van der Waals surface area contributed by atoms with Gasteiger partial charge in [-0.15, -0.1) is 0 Å². The van der Waals surface area contributed by atoms with Crippen LogP contribution < -0.4 is 10.6 Å². The zero-order valence-electron chi connectivity index (χ0n) is 19.8. The summed E-state index contributed by atoms with van der Waals surface area (Å²) in [6.45, 7) is 0.751. The van der Waals surface area contributed by atoms with Crippen molar-refractivity contribution in [3.05, 3.63) is 70.8 Å². The molecule has 0 radical (unpaired) electrons. The molecule has 0 spiro atoms. The van der Waals surface area contributed by atoms with Gasteiger partial charge >= 0.3 is 12.4 Å². The normalized spacial score (nSPS) is 21.2. The minimum Gasteiger partial charge on any atom is -0.349 e. The Kier molecular flexibility index (Phi) is 7.82. The second-order valence-electron chi connectivity index (χ2n) is 9.61. The fourth-order valence-electron chi connectivity index (χ4n) is 5.03. The third-order valence-corrected chi connectivity index (χ3v) is 7.02. The highest BCUT2D eigenvalue weighted by molar-refractivity contribution is 5.96. The summed E-state index contributed by atoms with van der Waals surface area (Å²) < 4.78 is 78.0. The van der Waals surface area contributed by atoms with Gasteiger partial charge in [0.15, 0.2) is 0 Å². The Balaban J connectivity index is 1.22. The molecule has 1 saturated heterocycles. The Labute approximate surface area is 210 Å². The van der Waals surface area contributed by atoms with E-state index in [0.29, 0.717) is 37.2 Å². The maximum atomic E-state index is 13.0. The van der Waals surface area contributed by atoms with E-state index in [2.05, 4.69) is 27.7 Å². The van der Waals surface area contributed by atoms with Gasteiger partial charge in [-0.3, -0.25) is 14.5 Å². The molecule has 2 aromatic carbocycles. The maximum Gasteiger partial charge on any atom is 0.416 e. The lowest BCUT2D eigenvalue weighted by atomic mass is 9.80. The first-order valence-corrected chi connectivity index (χ1v) is 12.1. The van der Waals surface area contributed by atoms with Crippen LogP contribution in [0.5, 0.6) is 0 Å². The van der Waals surface area contributed by atoms with Crippen molar-refractivity contribution < 1.29 is 35.9 Å². The Morgan fingerprint density at radius 2 is 1.41 bits per heavy atom. The highest BCUT2D eigenvalue weighted by atomic mass is 19.4. The first kappa shape index (κ1) is 27.0. The number of carbonyl (C=O) groups excluding carboxylic acids is 2. The molecule has 0 unspecified atom stereocenters. The van der Waals surface area contributed by atoms with Gasteiger partial charge in [0, 0.05) is 24.7 Å². The zero-order valence-corrected chi connectivity index (χ0v) is 19.8. The van der Waals surface area contributed by atoms with Gasteiger partial charge < -0.3 is 10.6 Å². The van der Waals surface area contributed by atoms with Crippen LogP contribution in [0.4, 0.5) is 26.3 Å². The van der Waals surface area contributed by atoms with Crippen LogP contribution in [0.1, 0.15) is 58.6 Å². The molecule has 200 valence electrons. The number of benzene rings is 2. The number of carbonyl (C=O) groups is 2. The average molecular weight is 528 g/mol. The van der Waals surface area contributed by atoms with E-state index in [1.807, 2.05) is 18.2 Å². The van der Waals surface area contributed by atoms with E-state index in [1.54, 1.807) is 0 Å². The summed E-state index contributed by atoms with van der Waals surface area (Å²) in [6.07, 6.45) is -5.81. The standard InChI is InChI=1S/C26H27F6N3O2/c27-25(28,29)19-10-18(11-20(12-19)26(30,31)32)24(37)33-13-23(36)34-21-14-35(15-21)22-8-6-17(7-9-22)16-4-2-1-3-5-16/h1-5,10-12,17,21-22H,6-9,13-15H2,(H,33,37)(H,34,36). The Morgan fingerprint density at radius 3 is 1.95 bits per heavy atom. The minimum absolute atomic E-state index is 0.0556. The van der Waals surface area contributed by atoms with E-state index in [-0.39, 0.29) is 12.1 Å². The number of alkyl halides is 6. The topological polar surface area (TPSA) is 61.4 Å². The fourth-order valence-corrected chi connectivity index (χ4v) is 5.03. The van der Waals surface area contributed by atoms with E-state index in [1.165, 1.54) is 5.56 Å². The first-order chi connectivity index (χ1) is 17.4. The van der Waals surface area contributed by atoms with E-state index < -0.39 is 47.4 Å². The lowest BCUT2D eigenvalue weighted by molar-refractivity contribution is -0.143. The van der Waals surface area contributed by atoms with Crippen LogP contribution in [0.3, 0.4) is 0 Å². The zero-order chi connectivity index (χ0) is 26.8. The Hall–Kier alpha value is -3.08. The van der Waals surface area contributed by atoms with Crippen LogP contribution in [-0.2, 0) is 17.1 Å².